The molecule has 3 nitrogen and oxygen atoms in total. The van der Waals surface area contributed by atoms with Crippen LogP contribution in [0.25, 0.3) is 0 Å². The van der Waals surface area contributed by atoms with Crippen molar-refractivity contribution in [1.82, 2.24) is 0 Å². The van der Waals surface area contributed by atoms with Gasteiger partial charge in [0, 0.05) is 13.3 Å². The molecular formula is C8H15BFO3PS2. The van der Waals surface area contributed by atoms with Crippen molar-refractivity contribution in [2.45, 2.75) is 31.3 Å². The third-order valence-corrected chi connectivity index (χ3v) is 5.88. The summed E-state index contributed by atoms with van der Waals surface area (Å²) in [6.07, 6.45) is -2.10. The summed E-state index contributed by atoms with van der Waals surface area (Å²) in [6, 6.07) is -0.981. The molecule has 1 heterocycles. The Hall–Kier alpha value is 0.875. The number of thiol groups is 1. The molecule has 1 rings (SSSR count). The fourth-order valence-corrected chi connectivity index (χ4v) is 2.84. The molecule has 0 aromatic heterocycles. The molecule has 2 radical (unpaired) electrons. The van der Waals surface area contributed by atoms with Gasteiger partial charge < -0.3 is 14.0 Å². The molecule has 0 aromatic carbocycles. The highest BCUT2D eigenvalue weighted by Gasteiger charge is 2.44. The second-order valence-electron chi connectivity index (χ2n) is 3.56. The van der Waals surface area contributed by atoms with Crippen molar-refractivity contribution in [3.63, 3.8) is 0 Å². The molecule has 92 valence electrons. The van der Waals surface area contributed by atoms with Crippen LogP contribution in [0.2, 0.25) is 0 Å². The number of alkyl halides is 1. The number of rotatable bonds is 5. The molecule has 1 aliphatic rings. The zero-order valence-electron chi connectivity index (χ0n) is 9.21. The molecule has 0 N–H and O–H groups in total. The first kappa shape index (κ1) is 14.9. The molecule has 8 heteroatoms. The summed E-state index contributed by atoms with van der Waals surface area (Å²) in [6.45, 7) is 2.09. The third kappa shape index (κ3) is 3.69. The predicted octanol–water partition coefficient (Wildman–Crippen LogP) is 1.51. The second-order valence-corrected chi connectivity index (χ2v) is 10.2. The van der Waals surface area contributed by atoms with Crippen molar-refractivity contribution >= 4 is 37.4 Å². The average molecular weight is 284 g/mol. The zero-order valence-corrected chi connectivity index (χ0v) is 11.8. The average Bonchev–Trinajstić information content (AvgIpc) is 2.47. The van der Waals surface area contributed by atoms with Gasteiger partial charge in [-0.1, -0.05) is 18.7 Å². The fraction of sp³-hybridized carbons (Fsp3) is 1.00. The van der Waals surface area contributed by atoms with Gasteiger partial charge in [-0.15, -0.1) is 12.2 Å². The van der Waals surface area contributed by atoms with Gasteiger partial charge >= 0.3 is 0 Å². The van der Waals surface area contributed by atoms with Gasteiger partial charge in [0.25, 0.3) is 0 Å². The largest absolute Gasteiger partial charge is 0.382 e. The molecule has 1 fully saturated rings. The summed E-state index contributed by atoms with van der Waals surface area (Å²) in [5, 5.41) is 0. The standard InChI is InChI=1S/C8H15BFO3PS2/c1-3-14(15,16)13-7-5(4-11-2)12-8(9)6(7)10/h5-8H,3-4H2,1-2H3,(H,15,16)/t5-,6+,7?,8-/m1/s1. The Morgan fingerprint density at radius 2 is 2.25 bits per heavy atom. The van der Waals surface area contributed by atoms with Gasteiger partial charge in [-0.3, -0.25) is 0 Å². The Morgan fingerprint density at radius 3 is 2.75 bits per heavy atom. The molecule has 0 aromatic rings. The summed E-state index contributed by atoms with van der Waals surface area (Å²) in [5.41, 5.74) is -2.25. The van der Waals surface area contributed by atoms with E-state index < -0.39 is 29.8 Å². The smallest absolute Gasteiger partial charge is 0.147 e. The number of halogens is 1. The SMILES string of the molecule is [B][C@@H]1O[C@H](COC)C(OP(=S)(S)CC)[C@@H]1F. The second kappa shape index (κ2) is 6.16. The lowest BCUT2D eigenvalue weighted by Gasteiger charge is -2.24. The monoisotopic (exact) mass is 284 g/mol. The van der Waals surface area contributed by atoms with Gasteiger partial charge in [-0.2, -0.15) is 0 Å². The van der Waals surface area contributed by atoms with Crippen LogP contribution < -0.4 is 0 Å². The first-order valence-corrected chi connectivity index (χ1v) is 9.01. The van der Waals surface area contributed by atoms with Crippen LogP contribution in [0.3, 0.4) is 0 Å². The Labute approximate surface area is 107 Å². The van der Waals surface area contributed by atoms with E-state index in [1.807, 2.05) is 6.92 Å². The Balaban J connectivity index is 2.70. The molecule has 0 spiro atoms. The maximum atomic E-state index is 13.7. The van der Waals surface area contributed by atoms with E-state index in [9.17, 15) is 4.39 Å². The van der Waals surface area contributed by atoms with Gasteiger partial charge in [0.1, 0.15) is 31.7 Å². The van der Waals surface area contributed by atoms with Crippen molar-refractivity contribution in [2.75, 3.05) is 19.9 Å². The van der Waals surface area contributed by atoms with Crippen LogP contribution in [-0.4, -0.2) is 52.1 Å². The Bertz CT molecular complexity index is 284. The maximum Gasteiger partial charge on any atom is 0.147 e. The lowest BCUT2D eigenvalue weighted by atomic mass is 9.94. The van der Waals surface area contributed by atoms with E-state index in [0.717, 1.165) is 0 Å². The number of hydrogen-bond acceptors (Lipinski definition) is 4. The fourth-order valence-electron chi connectivity index (χ4n) is 1.44. The third-order valence-electron chi connectivity index (χ3n) is 2.34. The van der Waals surface area contributed by atoms with Crippen LogP contribution in [-0.2, 0) is 25.8 Å². The molecule has 1 saturated heterocycles. The van der Waals surface area contributed by atoms with Crippen molar-refractivity contribution in [3.8, 4) is 0 Å². The van der Waals surface area contributed by atoms with Crippen LogP contribution in [0.1, 0.15) is 6.92 Å². The van der Waals surface area contributed by atoms with Crippen molar-refractivity contribution in [3.05, 3.63) is 0 Å². The minimum absolute atomic E-state index is 0.228. The van der Waals surface area contributed by atoms with Crippen LogP contribution in [0.15, 0.2) is 0 Å². The van der Waals surface area contributed by atoms with E-state index in [1.54, 1.807) is 0 Å². The molecule has 0 bridgehead atoms. The van der Waals surface area contributed by atoms with Gasteiger partial charge in [0.2, 0.25) is 0 Å². The first-order valence-electron chi connectivity index (χ1n) is 4.95. The summed E-state index contributed by atoms with van der Waals surface area (Å²) < 4.78 is 29.4. The van der Waals surface area contributed by atoms with Crippen molar-refractivity contribution in [2.24, 2.45) is 0 Å². The highest BCUT2D eigenvalue weighted by atomic mass is 32.9. The summed E-state index contributed by atoms with van der Waals surface area (Å²) in [5.74, 6) is 0. The zero-order chi connectivity index (χ0) is 12.3. The number of methoxy groups -OCH3 is 1. The van der Waals surface area contributed by atoms with E-state index in [0.29, 0.717) is 6.16 Å². The van der Waals surface area contributed by atoms with Crippen molar-refractivity contribution in [1.29, 1.82) is 0 Å². The van der Waals surface area contributed by atoms with Crippen LogP contribution in [0.4, 0.5) is 4.39 Å². The molecule has 0 aliphatic carbocycles. The summed E-state index contributed by atoms with van der Waals surface area (Å²) in [4.78, 5) is 0. The summed E-state index contributed by atoms with van der Waals surface area (Å²) in [7, 11) is 6.98. The predicted molar refractivity (Wildman–Crippen MR) is 69.9 cm³/mol. The molecule has 0 saturated carbocycles. The lowest BCUT2D eigenvalue weighted by molar-refractivity contribution is -0.00783. The van der Waals surface area contributed by atoms with Gasteiger partial charge in [-0.25, -0.2) is 4.39 Å². The lowest BCUT2D eigenvalue weighted by Crippen LogP contribution is -2.33. The molecule has 16 heavy (non-hydrogen) atoms. The molecule has 2 unspecified atom stereocenters. The van der Waals surface area contributed by atoms with E-state index in [4.69, 9.17) is 33.7 Å². The summed E-state index contributed by atoms with van der Waals surface area (Å²) >= 11 is 9.40. The molecule has 0 amide bonds. The van der Waals surface area contributed by atoms with E-state index in [-0.39, 0.29) is 6.61 Å². The van der Waals surface area contributed by atoms with Gasteiger partial charge in [0.05, 0.1) is 12.6 Å². The Morgan fingerprint density at radius 1 is 1.62 bits per heavy atom. The quantitative estimate of drug-likeness (QED) is 0.470. The first-order chi connectivity index (χ1) is 7.41. The van der Waals surface area contributed by atoms with Crippen LogP contribution >= 0.6 is 17.7 Å². The number of ether oxygens (including phenoxy) is 2. The van der Waals surface area contributed by atoms with Crippen LogP contribution in [0, 0.1) is 0 Å². The minimum atomic E-state index is -2.25. The Kier molecular flexibility index (Phi) is 5.75. The highest BCUT2D eigenvalue weighted by molar-refractivity contribution is 8.61. The van der Waals surface area contributed by atoms with Gasteiger partial charge in [-0.05, 0) is 0 Å². The molecule has 5 atom stereocenters. The van der Waals surface area contributed by atoms with E-state index >= 15 is 0 Å². The highest BCUT2D eigenvalue weighted by Crippen LogP contribution is 2.54. The van der Waals surface area contributed by atoms with E-state index in [2.05, 4.69) is 12.2 Å². The van der Waals surface area contributed by atoms with Crippen molar-refractivity contribution < 1.29 is 18.4 Å². The maximum absolute atomic E-state index is 13.7. The van der Waals surface area contributed by atoms with Crippen LogP contribution in [0.5, 0.6) is 0 Å². The topological polar surface area (TPSA) is 27.7 Å². The normalized spacial score (nSPS) is 38.5. The molecular weight excluding hydrogens is 269 g/mol. The van der Waals surface area contributed by atoms with Gasteiger partial charge in [0.15, 0.2) is 0 Å². The molecule has 1 aliphatic heterocycles. The number of hydrogen-bond donors (Lipinski definition) is 1. The minimum Gasteiger partial charge on any atom is -0.382 e. The van der Waals surface area contributed by atoms with E-state index in [1.165, 1.54) is 7.11 Å².